The van der Waals surface area contributed by atoms with Crippen LogP contribution in [0.25, 0.3) is 11.3 Å². The van der Waals surface area contributed by atoms with Gasteiger partial charge < -0.3 is 20.1 Å². The zero-order valence-corrected chi connectivity index (χ0v) is 14.8. The van der Waals surface area contributed by atoms with Crippen LogP contribution in [0, 0.1) is 11.3 Å². The molecule has 4 rings (SSSR count). The number of carbonyl (C=O) groups excluding carboxylic acids is 1. The predicted octanol–water partition coefficient (Wildman–Crippen LogP) is 1.76. The molecular weight excluding hydrogens is 340 g/mol. The van der Waals surface area contributed by atoms with Crippen molar-refractivity contribution in [3.05, 3.63) is 41.0 Å². The molecule has 1 aromatic heterocycles. The van der Waals surface area contributed by atoms with Crippen molar-refractivity contribution < 1.29 is 9.32 Å². The zero-order chi connectivity index (χ0) is 17.4. The van der Waals surface area contributed by atoms with Crippen LogP contribution in [0.15, 0.2) is 34.9 Å². The molecule has 2 aliphatic heterocycles. The molecule has 2 aliphatic rings. The molecule has 7 heteroatoms. The van der Waals surface area contributed by atoms with Gasteiger partial charge in [-0.3, -0.25) is 4.79 Å². The Labute approximate surface area is 151 Å². The molecule has 0 spiro atoms. The van der Waals surface area contributed by atoms with Gasteiger partial charge in [0.05, 0.1) is 17.0 Å². The molecule has 1 amide bonds. The van der Waals surface area contributed by atoms with Gasteiger partial charge in [0.25, 0.3) is 0 Å². The molecule has 2 saturated heterocycles. The van der Waals surface area contributed by atoms with Crippen LogP contribution in [0.1, 0.15) is 5.69 Å². The summed E-state index contributed by atoms with van der Waals surface area (Å²) in [5, 5.41) is 11.1. The second kappa shape index (κ2) is 6.44. The Balaban J connectivity index is 1.44. The average molecular weight is 361 g/mol. The van der Waals surface area contributed by atoms with E-state index in [9.17, 15) is 4.79 Å². The van der Waals surface area contributed by atoms with Crippen LogP contribution in [-0.4, -0.2) is 49.2 Å². The zero-order valence-electron chi connectivity index (χ0n) is 14.1. The molecule has 0 bridgehead atoms. The Morgan fingerprint density at radius 3 is 3.20 bits per heavy atom. The number of benzene rings is 1. The second-order valence-corrected chi connectivity index (χ2v) is 7.43. The van der Waals surface area contributed by atoms with Crippen molar-refractivity contribution >= 4 is 17.5 Å². The molecule has 2 N–H and O–H groups in total. The fourth-order valence-electron chi connectivity index (χ4n) is 4.02. The van der Waals surface area contributed by atoms with Gasteiger partial charge in [-0.15, -0.1) is 0 Å². The summed E-state index contributed by atoms with van der Waals surface area (Å²) < 4.78 is 5.38. The number of carbonyl (C=O) groups is 1. The molecule has 0 radical (unpaired) electrons. The Morgan fingerprint density at radius 1 is 1.52 bits per heavy atom. The van der Waals surface area contributed by atoms with Crippen LogP contribution in [0.5, 0.6) is 0 Å². The van der Waals surface area contributed by atoms with Crippen LogP contribution in [0.2, 0.25) is 5.02 Å². The minimum atomic E-state index is -0.329. The lowest BCUT2D eigenvalue weighted by Gasteiger charge is -2.26. The maximum Gasteiger partial charge on any atom is 0.229 e. The first kappa shape index (κ1) is 16.6. The Morgan fingerprint density at radius 2 is 2.36 bits per heavy atom. The highest BCUT2D eigenvalue weighted by atomic mass is 35.5. The Kier molecular flexibility index (Phi) is 4.27. The minimum absolute atomic E-state index is 0.0918. The highest BCUT2D eigenvalue weighted by molar-refractivity contribution is 6.33. The smallest absolute Gasteiger partial charge is 0.229 e. The monoisotopic (exact) mass is 360 g/mol. The van der Waals surface area contributed by atoms with E-state index in [0.29, 0.717) is 28.9 Å². The summed E-state index contributed by atoms with van der Waals surface area (Å²) in [7, 11) is 2.07. The highest BCUT2D eigenvalue weighted by Gasteiger charge is 2.53. The van der Waals surface area contributed by atoms with Crippen molar-refractivity contribution in [2.45, 2.75) is 6.54 Å². The lowest BCUT2D eigenvalue weighted by Crippen LogP contribution is -2.46. The van der Waals surface area contributed by atoms with Crippen molar-refractivity contribution in [3.8, 4) is 11.3 Å². The molecular formula is C18H21ClN4O2. The minimum Gasteiger partial charge on any atom is -0.356 e. The summed E-state index contributed by atoms with van der Waals surface area (Å²) in [6.45, 7) is 3.74. The van der Waals surface area contributed by atoms with Gasteiger partial charge in [0, 0.05) is 43.7 Å². The summed E-state index contributed by atoms with van der Waals surface area (Å²) in [5.41, 5.74) is 1.16. The Bertz CT molecular complexity index is 793. The normalized spacial score (nSPS) is 25.9. The molecule has 132 valence electrons. The van der Waals surface area contributed by atoms with E-state index in [1.165, 1.54) is 0 Å². The number of rotatable bonds is 4. The first-order chi connectivity index (χ1) is 12.1. The maximum atomic E-state index is 12.8. The first-order valence-corrected chi connectivity index (χ1v) is 8.84. The van der Waals surface area contributed by atoms with E-state index < -0.39 is 0 Å². The summed E-state index contributed by atoms with van der Waals surface area (Å²) in [5.74, 6) is 1.07. The van der Waals surface area contributed by atoms with Crippen molar-refractivity contribution in [2.24, 2.45) is 11.3 Å². The summed E-state index contributed by atoms with van der Waals surface area (Å²) >= 11 is 6.19. The largest absolute Gasteiger partial charge is 0.356 e. The molecule has 25 heavy (non-hydrogen) atoms. The van der Waals surface area contributed by atoms with Crippen LogP contribution >= 0.6 is 11.6 Å². The van der Waals surface area contributed by atoms with Gasteiger partial charge in [-0.2, -0.15) is 0 Å². The third kappa shape index (κ3) is 2.94. The number of likely N-dealkylation sites (tertiary alicyclic amines) is 1. The molecule has 6 nitrogen and oxygen atoms in total. The van der Waals surface area contributed by atoms with E-state index in [-0.39, 0.29) is 11.3 Å². The number of halogens is 1. The van der Waals surface area contributed by atoms with Crippen molar-refractivity contribution in [3.63, 3.8) is 0 Å². The summed E-state index contributed by atoms with van der Waals surface area (Å²) in [6, 6.07) is 9.28. The highest BCUT2D eigenvalue weighted by Crippen LogP contribution is 2.38. The van der Waals surface area contributed by atoms with Gasteiger partial charge in [-0.25, -0.2) is 0 Å². The lowest BCUT2D eigenvalue weighted by atomic mass is 9.80. The molecule has 1 aromatic carbocycles. The van der Waals surface area contributed by atoms with Gasteiger partial charge in [0.15, 0.2) is 5.76 Å². The fraction of sp³-hybridized carbons (Fsp3) is 0.444. The third-order valence-corrected chi connectivity index (χ3v) is 5.61. The van der Waals surface area contributed by atoms with Gasteiger partial charge in [-0.1, -0.05) is 28.9 Å². The summed E-state index contributed by atoms with van der Waals surface area (Å²) in [4.78, 5) is 15.1. The number of hydrogen-bond acceptors (Lipinski definition) is 5. The molecule has 0 saturated carbocycles. The van der Waals surface area contributed by atoms with Gasteiger partial charge in [0.2, 0.25) is 5.91 Å². The van der Waals surface area contributed by atoms with E-state index >= 15 is 0 Å². The van der Waals surface area contributed by atoms with E-state index in [4.69, 9.17) is 16.1 Å². The van der Waals surface area contributed by atoms with Crippen LogP contribution in [-0.2, 0) is 11.3 Å². The van der Waals surface area contributed by atoms with E-state index in [1.807, 2.05) is 30.3 Å². The number of fused-ring (bicyclic) bond motifs is 1. The van der Waals surface area contributed by atoms with E-state index in [1.54, 1.807) is 0 Å². The maximum absolute atomic E-state index is 12.8. The number of hydrogen-bond donors (Lipinski definition) is 2. The lowest BCUT2D eigenvalue weighted by molar-refractivity contribution is -0.130. The molecule has 2 unspecified atom stereocenters. The van der Waals surface area contributed by atoms with E-state index in [0.717, 1.165) is 31.7 Å². The van der Waals surface area contributed by atoms with E-state index in [2.05, 4.69) is 27.7 Å². The topological polar surface area (TPSA) is 70.4 Å². The van der Waals surface area contributed by atoms with Gasteiger partial charge >= 0.3 is 0 Å². The number of nitrogens with one attached hydrogen (secondary N) is 2. The van der Waals surface area contributed by atoms with Gasteiger partial charge in [-0.05, 0) is 19.2 Å². The van der Waals surface area contributed by atoms with Crippen LogP contribution in [0.4, 0.5) is 0 Å². The third-order valence-electron chi connectivity index (χ3n) is 5.28. The Hall–Kier alpha value is -1.89. The molecule has 2 fully saturated rings. The molecule has 0 aliphatic carbocycles. The fourth-order valence-corrected chi connectivity index (χ4v) is 4.25. The summed E-state index contributed by atoms with van der Waals surface area (Å²) in [6.07, 6.45) is 0. The first-order valence-electron chi connectivity index (χ1n) is 8.46. The number of aromatic nitrogens is 1. The molecule has 3 heterocycles. The predicted molar refractivity (Wildman–Crippen MR) is 95.1 cm³/mol. The second-order valence-electron chi connectivity index (χ2n) is 7.03. The quantitative estimate of drug-likeness (QED) is 0.869. The van der Waals surface area contributed by atoms with Crippen molar-refractivity contribution in [2.75, 3.05) is 33.2 Å². The van der Waals surface area contributed by atoms with Crippen LogP contribution < -0.4 is 10.6 Å². The molecule has 2 aromatic rings. The standard InChI is InChI=1S/C18H21ClN4O2/c1-23-9-12-7-20-10-18(12,11-23)17(24)21-8-13-6-16(25-22-13)14-4-2-3-5-15(14)19/h2-6,12,20H,7-11H2,1H3,(H,21,24). The van der Waals surface area contributed by atoms with Crippen molar-refractivity contribution in [1.82, 2.24) is 20.7 Å². The average Bonchev–Trinajstić information content (AvgIpc) is 3.27. The van der Waals surface area contributed by atoms with Crippen molar-refractivity contribution in [1.29, 1.82) is 0 Å². The van der Waals surface area contributed by atoms with Gasteiger partial charge in [0.1, 0.15) is 5.69 Å². The number of nitrogens with zero attached hydrogens (tertiary/aromatic N) is 2. The number of amides is 1. The van der Waals surface area contributed by atoms with Crippen LogP contribution in [0.3, 0.4) is 0 Å². The molecule has 2 atom stereocenters. The SMILES string of the molecule is CN1CC2CNCC2(C(=O)NCc2cc(-c3ccccc3Cl)on2)C1.